The molecular weight excluding hydrogens is 1510 g/mol. The molecule has 522 valence electrons. The van der Waals surface area contributed by atoms with E-state index < -0.39 is 62.5 Å². The number of halogens is 12. The molecule has 0 saturated carbocycles. The van der Waals surface area contributed by atoms with Crippen molar-refractivity contribution in [1.29, 1.82) is 0 Å². The molecule has 0 bridgehead atoms. The van der Waals surface area contributed by atoms with Gasteiger partial charge in [0.2, 0.25) is 0 Å². The van der Waals surface area contributed by atoms with Crippen molar-refractivity contribution in [3.63, 3.8) is 0 Å². The summed E-state index contributed by atoms with van der Waals surface area (Å²) in [5, 5.41) is 0. The Hall–Kier alpha value is -9.88. The van der Waals surface area contributed by atoms with Gasteiger partial charge in [0.25, 0.3) is 0 Å². The molecule has 0 spiro atoms. The van der Waals surface area contributed by atoms with Gasteiger partial charge in [-0.3, -0.25) is 0 Å². The van der Waals surface area contributed by atoms with Crippen LogP contribution >= 0.6 is 0 Å². The molecule has 0 aliphatic rings. The first-order chi connectivity index (χ1) is 44.7. The fraction of sp³-hybridized carbons (Fsp3) is 0.0833. The number of hydrogen-bond acceptors (Lipinski definition) is 24. The van der Waals surface area contributed by atoms with Crippen molar-refractivity contribution < 1.29 is 139 Å². The Balaban J connectivity index is 0.000000297. The molecule has 12 rings (SSSR count). The van der Waals surface area contributed by atoms with E-state index in [0.717, 1.165) is 92.1 Å². The van der Waals surface area contributed by atoms with Gasteiger partial charge in [0, 0.05) is 99.1 Å². The van der Waals surface area contributed by atoms with E-state index in [-0.39, 0.29) is 34.1 Å². The number of aromatic amines is 8. The van der Waals surface area contributed by atoms with Crippen LogP contribution in [0.3, 0.4) is 0 Å². The average Bonchev–Trinajstić information content (AvgIpc) is 1.61. The monoisotopic (exact) mass is 1550 g/mol. The summed E-state index contributed by atoms with van der Waals surface area (Å²) in [7, 11) is -24.4. The zero-order chi connectivity index (χ0) is 71.2. The Kier molecular flexibility index (Phi) is 30.2. The molecule has 12 aromatic rings. The standard InChI is InChI=1S/4C11H9N5.4CHF3O3S.2Mn/c4*1-2-8(10-12-4-5-13-10)16-9(3-1)11-14-6-7-15-11;4*2-1(3,4)8(5,6)7;;/h4*1-7H,(H,12,13)(H,14,15);4*(H,5,6,7);;/q;;;;;;;;2*+2/p-4. The van der Waals surface area contributed by atoms with E-state index in [2.05, 4.69) is 99.7 Å². The van der Waals surface area contributed by atoms with Crippen LogP contribution in [0.25, 0.3) is 92.1 Å². The summed E-state index contributed by atoms with van der Waals surface area (Å²) in [5.74, 6) is 6.06. The molecule has 2 radical (unpaired) electrons. The van der Waals surface area contributed by atoms with Gasteiger partial charge in [-0.1, -0.05) is 24.3 Å². The van der Waals surface area contributed by atoms with Crippen molar-refractivity contribution in [2.75, 3.05) is 0 Å². The number of alkyl halides is 12. The average molecular weight is 1550 g/mol. The molecule has 0 aromatic carbocycles. The number of nitrogens with zero attached hydrogens (tertiary/aromatic N) is 12. The van der Waals surface area contributed by atoms with E-state index in [9.17, 15) is 52.7 Å². The molecule has 0 aliphatic carbocycles. The second-order valence-corrected chi connectivity index (χ2v) is 22.2. The first-order valence-corrected chi connectivity index (χ1v) is 30.3. The molecule has 50 heteroatoms. The van der Waals surface area contributed by atoms with Crippen molar-refractivity contribution in [1.82, 2.24) is 99.7 Å². The van der Waals surface area contributed by atoms with Gasteiger partial charge in [0.1, 0.15) is 45.6 Å². The Morgan fingerprint density at radius 1 is 0.245 bits per heavy atom. The summed E-state index contributed by atoms with van der Waals surface area (Å²) in [4.78, 5) is 75.3. The predicted octanol–water partition coefficient (Wildman–Crippen LogP) is 7.65. The second kappa shape index (κ2) is 35.9. The number of rotatable bonds is 8. The fourth-order valence-electron chi connectivity index (χ4n) is 6.04. The van der Waals surface area contributed by atoms with E-state index in [4.69, 9.17) is 51.9 Å². The third-order valence-corrected chi connectivity index (χ3v) is 12.3. The van der Waals surface area contributed by atoms with E-state index in [0.29, 0.717) is 0 Å². The number of imidazole rings is 8. The number of hydrogen-bond donors (Lipinski definition) is 8. The third-order valence-electron chi connectivity index (χ3n) is 10.1. The van der Waals surface area contributed by atoms with E-state index >= 15 is 0 Å². The van der Waals surface area contributed by atoms with Gasteiger partial charge in [0.15, 0.2) is 87.1 Å². The molecule has 0 atom stereocenters. The number of H-pyrrole nitrogens is 8. The maximum Gasteiger partial charge on any atom is 2.00 e. The van der Waals surface area contributed by atoms with Gasteiger partial charge in [-0.25, -0.2) is 93.5 Å². The van der Waals surface area contributed by atoms with Gasteiger partial charge in [0.05, 0.1) is 0 Å². The minimum absolute atomic E-state index is 0. The zero-order valence-corrected chi connectivity index (χ0v) is 53.0. The summed E-state index contributed by atoms with van der Waals surface area (Å²) in [6.07, 6.45) is 27.8. The largest absolute Gasteiger partial charge is 2.00 e. The molecule has 0 saturated heterocycles. The number of aromatic nitrogens is 20. The van der Waals surface area contributed by atoms with Crippen LogP contribution in [0.2, 0.25) is 0 Å². The summed E-state index contributed by atoms with van der Waals surface area (Å²) in [6.45, 7) is 0. The molecule has 12 aromatic heterocycles. The van der Waals surface area contributed by atoms with Crippen LogP contribution in [-0.2, 0) is 74.6 Å². The first-order valence-electron chi connectivity index (χ1n) is 24.7. The van der Waals surface area contributed by atoms with Crippen LogP contribution in [0, 0.1) is 0 Å². The Bertz CT molecular complexity index is 3920. The van der Waals surface area contributed by atoms with Crippen LogP contribution in [-0.4, -0.2) is 174 Å². The van der Waals surface area contributed by atoms with Crippen molar-refractivity contribution >= 4 is 40.5 Å². The van der Waals surface area contributed by atoms with Gasteiger partial charge in [-0.15, -0.1) is 0 Å². The van der Waals surface area contributed by atoms with Gasteiger partial charge < -0.3 is 58.1 Å². The van der Waals surface area contributed by atoms with Crippen LogP contribution < -0.4 is 0 Å². The molecule has 0 unspecified atom stereocenters. The van der Waals surface area contributed by atoms with Gasteiger partial charge in [-0.05, 0) is 48.5 Å². The van der Waals surface area contributed by atoms with Crippen molar-refractivity contribution in [3.8, 4) is 92.1 Å². The molecular formula is C48H36F12Mn2N20O12S4. The topological polar surface area (TPSA) is 510 Å². The molecule has 8 N–H and O–H groups in total. The third kappa shape index (κ3) is 26.3. The van der Waals surface area contributed by atoms with Crippen LogP contribution in [0.4, 0.5) is 52.7 Å². The van der Waals surface area contributed by atoms with Crippen LogP contribution in [0.5, 0.6) is 0 Å². The van der Waals surface area contributed by atoms with E-state index in [1.807, 2.05) is 72.8 Å². The maximum atomic E-state index is 10.7. The number of pyridine rings is 4. The smallest absolute Gasteiger partial charge is 0.741 e. The Morgan fingerprint density at radius 3 is 0.418 bits per heavy atom. The van der Waals surface area contributed by atoms with Crippen molar-refractivity contribution in [2.24, 2.45) is 0 Å². The Labute approximate surface area is 562 Å². The van der Waals surface area contributed by atoms with Gasteiger partial charge in [-0.2, -0.15) is 52.7 Å². The molecule has 98 heavy (non-hydrogen) atoms. The molecule has 0 amide bonds. The summed E-state index contributed by atoms with van der Waals surface area (Å²) in [5.41, 5.74) is -16.1. The SMILES string of the molecule is O=S(=O)([O-])C(F)(F)F.O=S(=O)([O-])C(F)(F)F.O=S(=O)([O-])C(F)(F)F.O=S(=O)([O-])C(F)(F)F.[Mn+2].[Mn+2].c1cc(-c2ncc[nH]2)nc(-c2ncc[nH]2)c1.c1cc(-c2ncc[nH]2)nc(-c2ncc[nH]2)c1.c1cc(-c2ncc[nH]2)nc(-c2ncc[nH]2)c1.c1cc(-c2ncc[nH]2)nc(-c2ncc[nH]2)c1. The summed E-state index contributed by atoms with van der Waals surface area (Å²) in [6, 6.07) is 23.0. The minimum Gasteiger partial charge on any atom is -0.741 e. The van der Waals surface area contributed by atoms with E-state index in [1.54, 1.807) is 99.1 Å². The molecule has 32 nitrogen and oxygen atoms in total. The van der Waals surface area contributed by atoms with Crippen molar-refractivity contribution in [2.45, 2.75) is 22.0 Å². The predicted molar refractivity (Wildman–Crippen MR) is 301 cm³/mol. The summed E-state index contributed by atoms with van der Waals surface area (Å²) >= 11 is 0. The first kappa shape index (κ1) is 82.3. The quantitative estimate of drug-likeness (QED) is 0.0313. The van der Waals surface area contributed by atoms with E-state index in [1.165, 1.54) is 0 Å². The maximum absolute atomic E-state index is 10.7. The molecule has 12 heterocycles. The van der Waals surface area contributed by atoms with Crippen molar-refractivity contribution in [3.05, 3.63) is 172 Å². The zero-order valence-electron chi connectivity index (χ0n) is 47.4. The molecule has 0 aliphatic heterocycles. The summed E-state index contributed by atoms with van der Waals surface area (Å²) < 4.78 is 236. The number of nitrogens with one attached hydrogen (secondary N) is 8. The Morgan fingerprint density at radius 2 is 0.347 bits per heavy atom. The second-order valence-electron chi connectivity index (χ2n) is 16.7. The normalized spacial score (nSPS) is 11.4. The van der Waals surface area contributed by atoms with Gasteiger partial charge >= 0.3 is 56.2 Å². The fourth-order valence-corrected chi connectivity index (χ4v) is 6.04. The molecule has 0 fully saturated rings. The van der Waals surface area contributed by atoms with Crippen LogP contribution in [0.1, 0.15) is 0 Å². The van der Waals surface area contributed by atoms with Crippen LogP contribution in [0.15, 0.2) is 172 Å². The minimum atomic E-state index is -6.09.